The monoisotopic (exact) mass is 272 g/mol. The summed E-state index contributed by atoms with van der Waals surface area (Å²) in [5, 5.41) is 2.60. The average Bonchev–Trinajstić information content (AvgIpc) is 2.37. The molecule has 0 aliphatic heterocycles. The third-order valence-corrected chi connectivity index (χ3v) is 2.43. The van der Waals surface area contributed by atoms with Crippen molar-refractivity contribution in [3.05, 3.63) is 29.8 Å². The number of hydrogen-bond donors (Lipinski definition) is 2. The minimum absolute atomic E-state index is 0.0952. The molecule has 1 amide bonds. The van der Waals surface area contributed by atoms with Crippen LogP contribution in [0.25, 0.3) is 0 Å². The largest absolute Gasteiger partial charge is 0.399 e. The Labute approximate surface area is 110 Å². The third-order valence-electron chi connectivity index (χ3n) is 2.43. The molecule has 0 saturated carbocycles. The first-order valence-corrected chi connectivity index (χ1v) is 6.05. The SMILES string of the molecule is Nc1ccc(CCC(=O)NCCOCC(F)F)cc1. The molecule has 0 atom stereocenters. The van der Waals surface area contributed by atoms with Crippen LogP contribution in [0, 0.1) is 0 Å². The number of nitrogens with two attached hydrogens (primary N) is 1. The van der Waals surface area contributed by atoms with Crippen molar-refractivity contribution >= 4 is 11.6 Å². The number of nitrogens with one attached hydrogen (secondary N) is 1. The van der Waals surface area contributed by atoms with Crippen molar-refractivity contribution in [1.29, 1.82) is 0 Å². The molecule has 0 spiro atoms. The topological polar surface area (TPSA) is 64.4 Å². The van der Waals surface area contributed by atoms with E-state index in [0.29, 0.717) is 18.5 Å². The molecule has 4 nitrogen and oxygen atoms in total. The van der Waals surface area contributed by atoms with E-state index in [1.807, 2.05) is 12.1 Å². The summed E-state index contributed by atoms with van der Waals surface area (Å²) in [6, 6.07) is 7.31. The van der Waals surface area contributed by atoms with Crippen LogP contribution in [-0.4, -0.2) is 32.1 Å². The minimum atomic E-state index is -2.47. The molecule has 0 fully saturated rings. The van der Waals surface area contributed by atoms with Crippen molar-refractivity contribution in [3.8, 4) is 0 Å². The van der Waals surface area contributed by atoms with Crippen LogP contribution in [-0.2, 0) is 16.0 Å². The number of hydrogen-bond acceptors (Lipinski definition) is 3. The first kappa shape index (κ1) is 15.4. The lowest BCUT2D eigenvalue weighted by atomic mass is 10.1. The highest BCUT2D eigenvalue weighted by molar-refractivity contribution is 5.76. The summed E-state index contributed by atoms with van der Waals surface area (Å²) < 4.78 is 28.1. The van der Waals surface area contributed by atoms with Gasteiger partial charge >= 0.3 is 0 Å². The Morgan fingerprint density at radius 2 is 2.00 bits per heavy atom. The number of halogens is 2. The molecule has 106 valence electrons. The molecule has 1 rings (SSSR count). The summed E-state index contributed by atoms with van der Waals surface area (Å²) in [5.74, 6) is -0.127. The normalized spacial score (nSPS) is 10.7. The van der Waals surface area contributed by atoms with Gasteiger partial charge in [0, 0.05) is 18.7 Å². The number of benzene rings is 1. The van der Waals surface area contributed by atoms with Crippen LogP contribution in [0.4, 0.5) is 14.5 Å². The fourth-order valence-electron chi connectivity index (χ4n) is 1.47. The molecule has 0 radical (unpaired) electrons. The van der Waals surface area contributed by atoms with Gasteiger partial charge in [0.25, 0.3) is 6.43 Å². The van der Waals surface area contributed by atoms with Crippen LogP contribution in [0.15, 0.2) is 24.3 Å². The van der Waals surface area contributed by atoms with Gasteiger partial charge in [-0.05, 0) is 24.1 Å². The van der Waals surface area contributed by atoms with E-state index in [4.69, 9.17) is 5.73 Å². The van der Waals surface area contributed by atoms with Crippen molar-refractivity contribution in [3.63, 3.8) is 0 Å². The smallest absolute Gasteiger partial charge is 0.261 e. The van der Waals surface area contributed by atoms with Crippen LogP contribution >= 0.6 is 0 Å². The molecule has 0 aliphatic rings. The van der Waals surface area contributed by atoms with E-state index in [9.17, 15) is 13.6 Å². The molecule has 0 unspecified atom stereocenters. The summed E-state index contributed by atoms with van der Waals surface area (Å²) in [4.78, 5) is 11.4. The van der Waals surface area contributed by atoms with Gasteiger partial charge in [-0.2, -0.15) is 0 Å². The maximum absolute atomic E-state index is 11.7. The first-order valence-electron chi connectivity index (χ1n) is 6.05. The maximum atomic E-state index is 11.7. The Hall–Kier alpha value is -1.69. The predicted octanol–water partition coefficient (Wildman–Crippen LogP) is 1.60. The first-order chi connectivity index (χ1) is 9.08. The Kier molecular flexibility index (Phi) is 6.81. The molecule has 0 heterocycles. The minimum Gasteiger partial charge on any atom is -0.399 e. The second-order valence-corrected chi connectivity index (χ2v) is 4.06. The lowest BCUT2D eigenvalue weighted by molar-refractivity contribution is -0.121. The van der Waals surface area contributed by atoms with Crippen molar-refractivity contribution < 1.29 is 18.3 Å². The van der Waals surface area contributed by atoms with Gasteiger partial charge in [0.1, 0.15) is 6.61 Å². The Balaban J connectivity index is 2.09. The lowest BCUT2D eigenvalue weighted by Crippen LogP contribution is -2.27. The highest BCUT2D eigenvalue weighted by Gasteiger charge is 2.03. The summed E-state index contributed by atoms with van der Waals surface area (Å²) in [6.07, 6.45) is -1.51. The lowest BCUT2D eigenvalue weighted by Gasteiger charge is -2.06. The van der Waals surface area contributed by atoms with Gasteiger partial charge in [0.15, 0.2) is 0 Å². The number of alkyl halides is 2. The molecule has 0 bridgehead atoms. The van der Waals surface area contributed by atoms with E-state index in [2.05, 4.69) is 10.1 Å². The zero-order valence-electron chi connectivity index (χ0n) is 10.6. The number of carbonyl (C=O) groups excluding carboxylic acids is 1. The molecular formula is C13H18F2N2O2. The van der Waals surface area contributed by atoms with Crippen LogP contribution < -0.4 is 11.1 Å². The number of rotatable bonds is 8. The van der Waals surface area contributed by atoms with Crippen molar-refractivity contribution in [2.75, 3.05) is 25.5 Å². The van der Waals surface area contributed by atoms with E-state index in [0.717, 1.165) is 5.56 Å². The van der Waals surface area contributed by atoms with E-state index >= 15 is 0 Å². The van der Waals surface area contributed by atoms with Crippen LogP contribution in [0.1, 0.15) is 12.0 Å². The molecule has 1 aromatic rings. The summed E-state index contributed by atoms with van der Waals surface area (Å²) in [5.41, 5.74) is 7.26. The highest BCUT2D eigenvalue weighted by atomic mass is 19.3. The summed E-state index contributed by atoms with van der Waals surface area (Å²) >= 11 is 0. The van der Waals surface area contributed by atoms with Crippen molar-refractivity contribution in [2.24, 2.45) is 0 Å². The second kappa shape index (κ2) is 8.42. The molecule has 0 aliphatic carbocycles. The van der Waals surface area contributed by atoms with E-state index < -0.39 is 13.0 Å². The van der Waals surface area contributed by atoms with Crippen molar-refractivity contribution in [2.45, 2.75) is 19.3 Å². The zero-order chi connectivity index (χ0) is 14.1. The molecule has 19 heavy (non-hydrogen) atoms. The van der Waals surface area contributed by atoms with E-state index in [-0.39, 0.29) is 19.1 Å². The number of amides is 1. The van der Waals surface area contributed by atoms with Gasteiger partial charge in [-0.25, -0.2) is 8.78 Å². The number of ether oxygens (including phenoxy) is 1. The van der Waals surface area contributed by atoms with Crippen LogP contribution in [0.3, 0.4) is 0 Å². The molecule has 3 N–H and O–H groups in total. The Bertz CT molecular complexity index is 383. The average molecular weight is 272 g/mol. The third kappa shape index (κ3) is 7.35. The fourth-order valence-corrected chi connectivity index (χ4v) is 1.47. The Morgan fingerprint density at radius 3 is 2.63 bits per heavy atom. The molecule has 1 aromatic carbocycles. The number of anilines is 1. The van der Waals surface area contributed by atoms with Gasteiger partial charge in [-0.15, -0.1) is 0 Å². The number of nitrogen functional groups attached to an aromatic ring is 1. The van der Waals surface area contributed by atoms with Crippen LogP contribution in [0.5, 0.6) is 0 Å². The van der Waals surface area contributed by atoms with Crippen molar-refractivity contribution in [1.82, 2.24) is 5.32 Å². The summed E-state index contributed by atoms with van der Waals surface area (Å²) in [6.45, 7) is -0.257. The van der Waals surface area contributed by atoms with Gasteiger partial charge in [0.2, 0.25) is 5.91 Å². The quantitative estimate of drug-likeness (QED) is 0.558. The Morgan fingerprint density at radius 1 is 1.32 bits per heavy atom. The standard InChI is InChI=1S/C13H18F2N2O2/c14-12(15)9-19-8-7-17-13(18)6-3-10-1-4-11(16)5-2-10/h1-2,4-5,12H,3,6-9,16H2,(H,17,18). The number of aryl methyl sites for hydroxylation is 1. The molecular weight excluding hydrogens is 254 g/mol. The fraction of sp³-hybridized carbons (Fsp3) is 0.462. The molecule has 0 saturated heterocycles. The predicted molar refractivity (Wildman–Crippen MR) is 69.0 cm³/mol. The summed E-state index contributed by atoms with van der Waals surface area (Å²) in [7, 11) is 0. The second-order valence-electron chi connectivity index (χ2n) is 4.06. The molecule has 6 heteroatoms. The number of carbonyl (C=O) groups is 1. The zero-order valence-corrected chi connectivity index (χ0v) is 10.6. The maximum Gasteiger partial charge on any atom is 0.261 e. The van der Waals surface area contributed by atoms with Gasteiger partial charge in [-0.1, -0.05) is 12.1 Å². The van der Waals surface area contributed by atoms with Gasteiger partial charge in [-0.3, -0.25) is 4.79 Å². The van der Waals surface area contributed by atoms with Crippen LogP contribution in [0.2, 0.25) is 0 Å². The highest BCUT2D eigenvalue weighted by Crippen LogP contribution is 2.07. The van der Waals surface area contributed by atoms with E-state index in [1.165, 1.54) is 0 Å². The van der Waals surface area contributed by atoms with E-state index in [1.54, 1.807) is 12.1 Å². The van der Waals surface area contributed by atoms with Gasteiger partial charge in [0.05, 0.1) is 6.61 Å². The van der Waals surface area contributed by atoms with Gasteiger partial charge < -0.3 is 15.8 Å². The molecule has 0 aromatic heterocycles.